The monoisotopic (exact) mass is 859 g/mol. The molecule has 4 heteroatoms. The van der Waals surface area contributed by atoms with Gasteiger partial charge in [-0.2, -0.15) is 0 Å². The summed E-state index contributed by atoms with van der Waals surface area (Å²) < 4.78 is 0. The van der Waals surface area contributed by atoms with Crippen molar-refractivity contribution in [2.45, 2.75) is 324 Å². The van der Waals surface area contributed by atoms with Crippen LogP contribution >= 0.6 is 0 Å². The zero-order chi connectivity index (χ0) is 45.2. The van der Waals surface area contributed by atoms with Crippen molar-refractivity contribution in [3.8, 4) is 0 Å². The first-order valence-corrected chi connectivity index (χ1v) is 27.7. The number of aliphatic hydroxyl groups excluding tert-OH is 1. The van der Waals surface area contributed by atoms with E-state index in [9.17, 15) is 19.5 Å². The summed E-state index contributed by atoms with van der Waals surface area (Å²) in [5, 5.41) is 11.2. The largest absolute Gasteiger partial charge is 0.391 e. The normalized spacial score (nSPS) is 12.6. The molecule has 0 aromatic heterocycles. The lowest BCUT2D eigenvalue weighted by Crippen LogP contribution is -2.53. The number of unbranched alkanes of at least 4 members (excludes halogenated alkanes) is 33. The van der Waals surface area contributed by atoms with Crippen LogP contribution in [0.15, 0.2) is 0 Å². The van der Waals surface area contributed by atoms with E-state index in [1.54, 1.807) is 0 Å². The minimum absolute atomic E-state index is 0.217. The quantitative estimate of drug-likeness (QED) is 0.0489. The molecule has 0 aliphatic heterocycles. The van der Waals surface area contributed by atoms with Gasteiger partial charge in [0.15, 0.2) is 22.8 Å². The van der Waals surface area contributed by atoms with Crippen LogP contribution in [0.3, 0.4) is 0 Å². The van der Waals surface area contributed by atoms with Gasteiger partial charge in [-0.25, -0.2) is 0 Å². The van der Waals surface area contributed by atoms with Crippen LogP contribution < -0.4 is 0 Å². The Morgan fingerprint density at radius 3 is 0.574 bits per heavy atom. The number of carbonyl (C=O) groups excluding carboxylic acids is 3. The van der Waals surface area contributed by atoms with E-state index in [1.165, 1.54) is 200 Å². The van der Waals surface area contributed by atoms with Crippen molar-refractivity contribution in [3.05, 3.63) is 0 Å². The van der Waals surface area contributed by atoms with Gasteiger partial charge in [-0.3, -0.25) is 14.4 Å². The van der Waals surface area contributed by atoms with Crippen molar-refractivity contribution in [2.75, 3.05) is 0 Å². The molecule has 0 aromatic carbocycles. The lowest BCUT2D eigenvalue weighted by atomic mass is 9.67. The Bertz CT molecular complexity index is 863. The number of ketones is 3. The highest BCUT2D eigenvalue weighted by Gasteiger charge is 2.53. The summed E-state index contributed by atoms with van der Waals surface area (Å²) >= 11 is 0. The Hall–Kier alpha value is -1.03. The van der Waals surface area contributed by atoms with Gasteiger partial charge in [0.2, 0.25) is 0 Å². The molecule has 1 atom stereocenters. The van der Waals surface area contributed by atoms with Crippen molar-refractivity contribution in [2.24, 2.45) is 23.2 Å². The molecule has 0 saturated heterocycles. The molecule has 4 nitrogen and oxygen atoms in total. The molecule has 0 heterocycles. The summed E-state index contributed by atoms with van der Waals surface area (Å²) in [5.74, 6) is 1.53. The van der Waals surface area contributed by atoms with Crippen molar-refractivity contribution in [1.82, 2.24) is 0 Å². The molecule has 0 radical (unpaired) electrons. The Kier molecular flexibility index (Phi) is 42.2. The summed E-state index contributed by atoms with van der Waals surface area (Å²) in [6, 6.07) is 0. The van der Waals surface area contributed by atoms with Gasteiger partial charge >= 0.3 is 0 Å². The van der Waals surface area contributed by atoms with Crippen molar-refractivity contribution in [1.29, 1.82) is 0 Å². The van der Waals surface area contributed by atoms with Gasteiger partial charge in [0.05, 0.1) is 6.10 Å². The van der Waals surface area contributed by atoms with Crippen LogP contribution in [0.4, 0.5) is 0 Å². The molecule has 0 fully saturated rings. The lowest BCUT2D eigenvalue weighted by molar-refractivity contribution is -0.156. The third kappa shape index (κ3) is 35.0. The summed E-state index contributed by atoms with van der Waals surface area (Å²) in [6.07, 6.45) is 47.2. The molecule has 0 saturated carbocycles. The number of aliphatic hydroxyl groups is 1. The van der Waals surface area contributed by atoms with E-state index in [1.807, 2.05) is 0 Å². The Labute approximate surface area is 382 Å². The van der Waals surface area contributed by atoms with E-state index in [-0.39, 0.29) is 36.6 Å². The van der Waals surface area contributed by atoms with Gasteiger partial charge < -0.3 is 5.11 Å². The molecular formula is C57H110O4. The minimum atomic E-state index is -1.88. The van der Waals surface area contributed by atoms with Crippen LogP contribution in [0, 0.1) is 23.2 Å². The standard InChI is InChI=1S/C57H110O4/c1-50(2)44-38-32-26-20-14-8-11-17-23-29-35-41-47-54(59)57(53(7)58,55(60)48-42-36-30-24-18-12-9-15-21-27-33-39-45-51(3)4)56(61)49-43-37-31-25-19-13-10-16-22-28-34-40-46-52(5)6/h50-53,58H,8-49H2,1-7H3. The molecular weight excluding hydrogens is 749 g/mol. The van der Waals surface area contributed by atoms with Crippen molar-refractivity contribution >= 4 is 17.3 Å². The second kappa shape index (κ2) is 42.9. The van der Waals surface area contributed by atoms with Crippen molar-refractivity contribution in [3.63, 3.8) is 0 Å². The summed E-state index contributed by atoms with van der Waals surface area (Å²) in [5.41, 5.74) is -1.88. The van der Waals surface area contributed by atoms with E-state index in [0.717, 1.165) is 56.3 Å². The molecule has 362 valence electrons. The first kappa shape index (κ1) is 60.0. The summed E-state index contributed by atoms with van der Waals surface area (Å²) in [4.78, 5) is 42.1. The smallest absolute Gasteiger partial charge is 0.170 e. The maximum absolute atomic E-state index is 14.0. The maximum Gasteiger partial charge on any atom is 0.170 e. The van der Waals surface area contributed by atoms with Gasteiger partial charge in [0, 0.05) is 19.3 Å². The van der Waals surface area contributed by atoms with Gasteiger partial charge in [-0.05, 0) is 43.9 Å². The van der Waals surface area contributed by atoms with E-state index in [0.29, 0.717) is 19.3 Å². The third-order valence-electron chi connectivity index (χ3n) is 13.8. The predicted molar refractivity (Wildman–Crippen MR) is 268 cm³/mol. The highest BCUT2D eigenvalue weighted by molar-refractivity contribution is 6.24. The van der Waals surface area contributed by atoms with E-state index >= 15 is 0 Å². The number of rotatable bonds is 49. The maximum atomic E-state index is 14.0. The number of hydrogen-bond donors (Lipinski definition) is 1. The Balaban J connectivity index is 4.76. The molecule has 1 unspecified atom stereocenters. The predicted octanol–water partition coefficient (Wildman–Crippen LogP) is 18.4. The average Bonchev–Trinajstić information content (AvgIpc) is 3.20. The fourth-order valence-corrected chi connectivity index (χ4v) is 9.57. The fraction of sp³-hybridized carbons (Fsp3) is 0.947. The molecule has 0 aromatic rings. The highest BCUT2D eigenvalue weighted by Crippen LogP contribution is 2.34. The molecule has 0 aliphatic carbocycles. The molecule has 0 bridgehead atoms. The third-order valence-corrected chi connectivity index (χ3v) is 13.8. The molecule has 0 aliphatic rings. The molecule has 1 N–H and O–H groups in total. The van der Waals surface area contributed by atoms with Crippen LogP contribution in [0.2, 0.25) is 0 Å². The first-order chi connectivity index (χ1) is 29.5. The first-order valence-electron chi connectivity index (χ1n) is 27.7. The van der Waals surface area contributed by atoms with Gasteiger partial charge in [0.1, 0.15) is 0 Å². The van der Waals surface area contributed by atoms with Gasteiger partial charge in [-0.15, -0.1) is 0 Å². The highest BCUT2D eigenvalue weighted by atomic mass is 16.3. The van der Waals surface area contributed by atoms with Crippen LogP contribution in [0.1, 0.15) is 318 Å². The van der Waals surface area contributed by atoms with Crippen LogP contribution in [0.5, 0.6) is 0 Å². The minimum Gasteiger partial charge on any atom is -0.391 e. The number of hydrogen-bond acceptors (Lipinski definition) is 4. The Morgan fingerprint density at radius 2 is 0.426 bits per heavy atom. The van der Waals surface area contributed by atoms with Gasteiger partial charge in [-0.1, -0.05) is 273 Å². The SMILES string of the molecule is CC(C)CCCCCCCCCCCCCCC(=O)C(C(=O)CCCCCCCCCCCCCCC(C)C)(C(=O)CCCCCCCCCCCCCCC(C)C)C(C)O. The average molecular weight is 860 g/mol. The molecule has 0 rings (SSSR count). The van der Waals surface area contributed by atoms with E-state index in [2.05, 4.69) is 41.5 Å². The number of Topliss-reactive ketones (excluding diaryl/α,β-unsaturated/α-hetero) is 3. The second-order valence-electron chi connectivity index (χ2n) is 21.3. The summed E-state index contributed by atoms with van der Waals surface area (Å²) in [6.45, 7) is 15.4. The van der Waals surface area contributed by atoms with Crippen LogP contribution in [-0.2, 0) is 14.4 Å². The molecule has 0 amide bonds. The zero-order valence-electron chi connectivity index (χ0n) is 42.7. The second-order valence-corrected chi connectivity index (χ2v) is 21.3. The summed E-state index contributed by atoms with van der Waals surface area (Å²) in [7, 11) is 0. The fourth-order valence-electron chi connectivity index (χ4n) is 9.57. The molecule has 0 spiro atoms. The van der Waals surface area contributed by atoms with E-state index in [4.69, 9.17) is 0 Å². The molecule has 61 heavy (non-hydrogen) atoms. The topological polar surface area (TPSA) is 71.4 Å². The zero-order valence-corrected chi connectivity index (χ0v) is 42.7. The Morgan fingerprint density at radius 1 is 0.279 bits per heavy atom. The number of carbonyl (C=O) groups is 3. The van der Waals surface area contributed by atoms with Crippen LogP contribution in [-0.4, -0.2) is 28.6 Å². The van der Waals surface area contributed by atoms with Gasteiger partial charge in [0.25, 0.3) is 0 Å². The van der Waals surface area contributed by atoms with Crippen molar-refractivity contribution < 1.29 is 19.5 Å². The lowest BCUT2D eigenvalue weighted by Gasteiger charge is -2.32. The van der Waals surface area contributed by atoms with Crippen LogP contribution in [0.25, 0.3) is 0 Å². The van der Waals surface area contributed by atoms with E-state index < -0.39 is 11.5 Å².